The lowest BCUT2D eigenvalue weighted by atomic mass is 9.84. The Kier molecular flexibility index (Phi) is 3.42. The van der Waals surface area contributed by atoms with Crippen molar-refractivity contribution in [2.45, 2.75) is 44.6 Å². The molecule has 1 amide bonds. The fraction of sp³-hybridized carbons (Fsp3) is 0.800. The van der Waals surface area contributed by atoms with Crippen LogP contribution in [0.5, 0.6) is 0 Å². The molecule has 0 aromatic carbocycles. The van der Waals surface area contributed by atoms with E-state index in [4.69, 9.17) is 0 Å². The summed E-state index contributed by atoms with van der Waals surface area (Å²) in [5, 5.41) is 12.8. The van der Waals surface area contributed by atoms with Crippen molar-refractivity contribution in [1.29, 1.82) is 0 Å². The number of hydrogen-bond donors (Lipinski definition) is 2. The third-order valence-corrected chi connectivity index (χ3v) is 5.25. The Morgan fingerprint density at radius 3 is 2.78 bits per heavy atom. The highest BCUT2D eigenvalue weighted by atomic mass is 16.3. The molecule has 3 aliphatic carbocycles. The lowest BCUT2D eigenvalue weighted by Gasteiger charge is -2.32. The van der Waals surface area contributed by atoms with Crippen molar-refractivity contribution in [2.24, 2.45) is 23.7 Å². The van der Waals surface area contributed by atoms with Gasteiger partial charge in [-0.25, -0.2) is 0 Å². The van der Waals surface area contributed by atoms with E-state index in [1.807, 2.05) is 0 Å². The van der Waals surface area contributed by atoms with Gasteiger partial charge >= 0.3 is 0 Å². The van der Waals surface area contributed by atoms with Gasteiger partial charge in [0.25, 0.3) is 0 Å². The highest BCUT2D eigenvalue weighted by molar-refractivity contribution is 5.79. The van der Waals surface area contributed by atoms with E-state index >= 15 is 0 Å². The zero-order chi connectivity index (χ0) is 12.5. The van der Waals surface area contributed by atoms with Crippen molar-refractivity contribution in [3.05, 3.63) is 12.2 Å². The molecule has 0 saturated heterocycles. The summed E-state index contributed by atoms with van der Waals surface area (Å²) in [5.41, 5.74) is 0. The monoisotopic (exact) mass is 249 g/mol. The predicted octanol–water partition coefficient (Wildman–Crippen LogP) is 1.87. The molecule has 2 fully saturated rings. The van der Waals surface area contributed by atoms with E-state index in [0.717, 1.165) is 19.3 Å². The molecule has 2 N–H and O–H groups in total. The Morgan fingerprint density at radius 2 is 2.06 bits per heavy atom. The summed E-state index contributed by atoms with van der Waals surface area (Å²) >= 11 is 0. The Hall–Kier alpha value is -0.830. The number of fused-ring (bicyclic) bond motifs is 2. The number of carbonyl (C=O) groups is 1. The van der Waals surface area contributed by atoms with Crippen molar-refractivity contribution in [2.75, 3.05) is 6.61 Å². The Bertz CT molecular complexity index is 352. The summed E-state index contributed by atoms with van der Waals surface area (Å²) in [4.78, 5) is 12.3. The van der Waals surface area contributed by atoms with Crippen LogP contribution in [0.2, 0.25) is 0 Å². The Balaban J connectivity index is 1.61. The molecular formula is C15H23NO2. The van der Waals surface area contributed by atoms with E-state index in [-0.39, 0.29) is 24.5 Å². The van der Waals surface area contributed by atoms with E-state index < -0.39 is 0 Å². The third-order valence-electron chi connectivity index (χ3n) is 5.25. The number of carbonyl (C=O) groups excluding carboxylic acids is 1. The average molecular weight is 249 g/mol. The van der Waals surface area contributed by atoms with Gasteiger partial charge < -0.3 is 10.4 Å². The standard InChI is InChI=1S/C15H23NO2/c17-9-13-11-6-7-12(8-11)14(13)16-15(18)10-4-2-1-3-5-10/h1-2,10-14,17H,3-9H2,(H,16,18). The maximum absolute atomic E-state index is 12.3. The van der Waals surface area contributed by atoms with Crippen LogP contribution in [-0.4, -0.2) is 23.7 Å². The number of aliphatic hydroxyl groups is 1. The predicted molar refractivity (Wildman–Crippen MR) is 69.8 cm³/mol. The number of nitrogens with one attached hydrogen (secondary N) is 1. The molecule has 0 aromatic heterocycles. The van der Waals surface area contributed by atoms with Gasteiger partial charge in [-0.1, -0.05) is 12.2 Å². The average Bonchev–Trinajstić information content (AvgIpc) is 3.00. The molecule has 18 heavy (non-hydrogen) atoms. The highest BCUT2D eigenvalue weighted by Crippen LogP contribution is 2.48. The molecule has 3 nitrogen and oxygen atoms in total. The quantitative estimate of drug-likeness (QED) is 0.750. The lowest BCUT2D eigenvalue weighted by molar-refractivity contribution is -0.126. The van der Waals surface area contributed by atoms with Crippen LogP contribution in [0.25, 0.3) is 0 Å². The molecule has 100 valence electrons. The molecule has 0 radical (unpaired) electrons. The Morgan fingerprint density at radius 1 is 1.22 bits per heavy atom. The largest absolute Gasteiger partial charge is 0.396 e. The van der Waals surface area contributed by atoms with Crippen LogP contribution in [0.15, 0.2) is 12.2 Å². The fourth-order valence-corrected chi connectivity index (χ4v) is 4.21. The van der Waals surface area contributed by atoms with Crippen LogP contribution in [0, 0.1) is 23.7 Å². The third kappa shape index (κ3) is 2.09. The molecule has 5 atom stereocenters. The molecule has 0 heterocycles. The van der Waals surface area contributed by atoms with Gasteiger partial charge in [0, 0.05) is 24.5 Å². The zero-order valence-electron chi connectivity index (χ0n) is 10.8. The molecule has 0 aromatic rings. The molecule has 5 unspecified atom stereocenters. The van der Waals surface area contributed by atoms with E-state index in [0.29, 0.717) is 17.8 Å². The van der Waals surface area contributed by atoms with Gasteiger partial charge in [0.15, 0.2) is 0 Å². The van der Waals surface area contributed by atoms with E-state index in [1.54, 1.807) is 0 Å². The minimum absolute atomic E-state index is 0.161. The van der Waals surface area contributed by atoms with Crippen molar-refractivity contribution in [3.8, 4) is 0 Å². The topological polar surface area (TPSA) is 49.3 Å². The molecular weight excluding hydrogens is 226 g/mol. The van der Waals surface area contributed by atoms with Crippen LogP contribution in [0.3, 0.4) is 0 Å². The first-order chi connectivity index (χ1) is 8.79. The first-order valence-electron chi connectivity index (χ1n) is 7.36. The molecule has 2 bridgehead atoms. The van der Waals surface area contributed by atoms with Crippen molar-refractivity contribution in [1.82, 2.24) is 5.32 Å². The fourth-order valence-electron chi connectivity index (χ4n) is 4.21. The number of rotatable bonds is 3. The minimum atomic E-state index is 0.161. The Labute approximate surface area is 109 Å². The summed E-state index contributed by atoms with van der Waals surface area (Å²) in [6.07, 6.45) is 10.9. The molecule has 3 aliphatic rings. The second kappa shape index (κ2) is 5.04. The summed E-state index contributed by atoms with van der Waals surface area (Å²) < 4.78 is 0. The smallest absolute Gasteiger partial charge is 0.223 e. The number of aliphatic hydroxyl groups excluding tert-OH is 1. The number of amides is 1. The van der Waals surface area contributed by atoms with Gasteiger partial charge in [-0.15, -0.1) is 0 Å². The van der Waals surface area contributed by atoms with Crippen LogP contribution < -0.4 is 5.32 Å². The SMILES string of the molecule is O=C(NC1C2CCC(C2)C1CO)C1CC=CCC1. The van der Waals surface area contributed by atoms with Crippen LogP contribution >= 0.6 is 0 Å². The van der Waals surface area contributed by atoms with E-state index in [2.05, 4.69) is 17.5 Å². The number of hydrogen-bond acceptors (Lipinski definition) is 2. The molecule has 0 aliphatic heterocycles. The lowest BCUT2D eigenvalue weighted by Crippen LogP contribution is -2.47. The summed E-state index contributed by atoms with van der Waals surface area (Å²) in [6, 6.07) is 0.243. The van der Waals surface area contributed by atoms with Crippen molar-refractivity contribution >= 4 is 5.91 Å². The highest BCUT2D eigenvalue weighted by Gasteiger charge is 2.47. The van der Waals surface area contributed by atoms with Gasteiger partial charge in [-0.2, -0.15) is 0 Å². The second-order valence-electron chi connectivity index (χ2n) is 6.20. The normalized spacial score (nSPS) is 42.2. The van der Waals surface area contributed by atoms with Gasteiger partial charge in [-0.3, -0.25) is 4.79 Å². The molecule has 2 saturated carbocycles. The van der Waals surface area contributed by atoms with Gasteiger partial charge in [0.2, 0.25) is 5.91 Å². The van der Waals surface area contributed by atoms with Crippen LogP contribution in [0.4, 0.5) is 0 Å². The molecule has 3 rings (SSSR count). The van der Waals surface area contributed by atoms with Crippen molar-refractivity contribution in [3.63, 3.8) is 0 Å². The minimum Gasteiger partial charge on any atom is -0.396 e. The summed E-state index contributed by atoms with van der Waals surface area (Å²) in [7, 11) is 0. The van der Waals surface area contributed by atoms with Crippen LogP contribution in [0.1, 0.15) is 38.5 Å². The zero-order valence-corrected chi connectivity index (χ0v) is 10.8. The summed E-state index contributed by atoms with van der Waals surface area (Å²) in [6.45, 7) is 0.233. The van der Waals surface area contributed by atoms with Gasteiger partial charge in [-0.05, 0) is 50.4 Å². The van der Waals surface area contributed by atoms with Crippen molar-refractivity contribution < 1.29 is 9.90 Å². The maximum Gasteiger partial charge on any atom is 0.223 e. The van der Waals surface area contributed by atoms with Crippen LogP contribution in [-0.2, 0) is 4.79 Å². The summed E-state index contributed by atoms with van der Waals surface area (Å²) in [5.74, 6) is 1.96. The first kappa shape index (κ1) is 12.2. The molecule has 0 spiro atoms. The molecule has 3 heteroatoms. The first-order valence-corrected chi connectivity index (χ1v) is 7.36. The van der Waals surface area contributed by atoms with Gasteiger partial charge in [0.1, 0.15) is 0 Å². The second-order valence-corrected chi connectivity index (χ2v) is 6.20. The maximum atomic E-state index is 12.3. The number of allylic oxidation sites excluding steroid dienone is 2. The van der Waals surface area contributed by atoms with Gasteiger partial charge in [0.05, 0.1) is 0 Å². The van der Waals surface area contributed by atoms with E-state index in [9.17, 15) is 9.90 Å². The van der Waals surface area contributed by atoms with E-state index in [1.165, 1.54) is 19.3 Å².